The quantitative estimate of drug-likeness (QED) is 0.778. The Balaban J connectivity index is 0.000000960. The number of amides is 2. The lowest BCUT2D eigenvalue weighted by Crippen LogP contribution is -2.29. The zero-order valence-corrected chi connectivity index (χ0v) is 12.6. The van der Waals surface area contributed by atoms with Gasteiger partial charge < -0.3 is 4.74 Å². The minimum absolute atomic E-state index is 0. The summed E-state index contributed by atoms with van der Waals surface area (Å²) in [5.74, 6) is -0.455. The topological polar surface area (TPSA) is 77.3 Å². The van der Waals surface area contributed by atoms with Crippen LogP contribution in [0.3, 0.4) is 0 Å². The van der Waals surface area contributed by atoms with Crippen molar-refractivity contribution in [1.29, 1.82) is 0 Å². The highest BCUT2D eigenvalue weighted by molar-refractivity contribution is 7.59. The van der Waals surface area contributed by atoms with Crippen LogP contribution in [0.4, 0.5) is 5.82 Å². The molecule has 24 heavy (non-hydrogen) atoms. The number of nitrogens with zero attached hydrogens (tertiary/aromatic N) is 4. The van der Waals surface area contributed by atoms with Gasteiger partial charge in [0, 0.05) is 6.61 Å². The second-order valence-corrected chi connectivity index (χ2v) is 5.07. The van der Waals surface area contributed by atoms with Gasteiger partial charge in [0.2, 0.25) is 0 Å². The lowest BCUT2D eigenvalue weighted by Gasteiger charge is -2.09. The molecule has 130 valence electrons. The molecule has 1 aromatic heterocycles. The highest BCUT2D eigenvalue weighted by atomic mass is 32.1. The van der Waals surface area contributed by atoms with Crippen LogP contribution in [0.1, 0.15) is 48.0 Å². The first kappa shape index (κ1) is 19.9. The Morgan fingerprint density at radius 1 is 1.08 bits per heavy atom. The van der Waals surface area contributed by atoms with Crippen molar-refractivity contribution in [3.63, 3.8) is 0 Å². The van der Waals surface area contributed by atoms with Gasteiger partial charge in [0.25, 0.3) is 11.8 Å². The molecule has 2 aromatic rings. The number of rotatable bonds is 2. The smallest absolute Gasteiger partial charge is 0.267 e. The summed E-state index contributed by atoms with van der Waals surface area (Å²) in [4.78, 5) is 25.8. The van der Waals surface area contributed by atoms with Crippen LogP contribution in [0.5, 0.6) is 0 Å². The molecule has 0 aliphatic carbocycles. The van der Waals surface area contributed by atoms with E-state index in [1.54, 1.807) is 35.1 Å². The van der Waals surface area contributed by atoms with E-state index in [4.69, 9.17) is 4.74 Å². The van der Waals surface area contributed by atoms with Crippen molar-refractivity contribution >= 4 is 31.1 Å². The van der Waals surface area contributed by atoms with Crippen molar-refractivity contribution in [3.8, 4) is 0 Å². The summed E-state index contributed by atoms with van der Waals surface area (Å²) in [6.07, 6.45) is 2.48. The van der Waals surface area contributed by atoms with E-state index in [1.807, 2.05) is 0 Å². The van der Waals surface area contributed by atoms with E-state index in [0.717, 1.165) is 11.3 Å². The maximum Gasteiger partial charge on any atom is 0.267 e. The van der Waals surface area contributed by atoms with Gasteiger partial charge in [-0.15, -0.1) is 5.10 Å². The zero-order valence-electron chi connectivity index (χ0n) is 11.6. The SMILES string of the molecule is C.C.O=C1c2ccccc2C(=O)N1c1cn([C@H]2CCOC2)nn1.S. The second-order valence-electron chi connectivity index (χ2n) is 5.07. The van der Waals surface area contributed by atoms with E-state index < -0.39 is 0 Å². The molecule has 1 fully saturated rings. The highest BCUT2D eigenvalue weighted by Crippen LogP contribution is 2.27. The summed E-state index contributed by atoms with van der Waals surface area (Å²) in [5.41, 5.74) is 0.808. The first-order valence-corrected chi connectivity index (χ1v) is 6.73. The molecule has 0 unspecified atom stereocenters. The van der Waals surface area contributed by atoms with Crippen molar-refractivity contribution in [2.45, 2.75) is 27.3 Å². The molecule has 0 N–H and O–H groups in total. The monoisotopic (exact) mass is 350 g/mol. The molecule has 2 amide bonds. The molecule has 4 rings (SSSR count). The summed E-state index contributed by atoms with van der Waals surface area (Å²) in [6, 6.07) is 6.87. The van der Waals surface area contributed by atoms with Crippen LogP contribution in [-0.2, 0) is 4.74 Å². The van der Waals surface area contributed by atoms with E-state index in [1.165, 1.54) is 0 Å². The van der Waals surface area contributed by atoms with Gasteiger partial charge in [-0.3, -0.25) is 9.59 Å². The summed E-state index contributed by atoms with van der Waals surface area (Å²) in [6.45, 7) is 1.26. The van der Waals surface area contributed by atoms with Crippen molar-refractivity contribution in [2.24, 2.45) is 0 Å². The number of imide groups is 1. The molecule has 2 aliphatic rings. The third-order valence-electron chi connectivity index (χ3n) is 3.80. The van der Waals surface area contributed by atoms with Crippen LogP contribution in [0.2, 0.25) is 0 Å². The lowest BCUT2D eigenvalue weighted by atomic mass is 10.1. The number of hydrogen-bond donors (Lipinski definition) is 0. The second kappa shape index (κ2) is 7.59. The van der Waals surface area contributed by atoms with E-state index in [2.05, 4.69) is 10.3 Å². The maximum atomic E-state index is 12.3. The third-order valence-corrected chi connectivity index (χ3v) is 3.80. The largest absolute Gasteiger partial charge is 0.379 e. The Labute approximate surface area is 148 Å². The molecule has 8 heteroatoms. The first-order chi connectivity index (χ1) is 10.3. The molecule has 0 bridgehead atoms. The Morgan fingerprint density at radius 3 is 2.25 bits per heavy atom. The van der Waals surface area contributed by atoms with Gasteiger partial charge >= 0.3 is 0 Å². The van der Waals surface area contributed by atoms with Crippen molar-refractivity contribution in [3.05, 3.63) is 41.6 Å². The van der Waals surface area contributed by atoms with E-state index in [-0.39, 0.29) is 52.0 Å². The van der Waals surface area contributed by atoms with Gasteiger partial charge in [-0.05, 0) is 18.6 Å². The van der Waals surface area contributed by atoms with Crippen molar-refractivity contribution < 1.29 is 14.3 Å². The molecule has 2 aliphatic heterocycles. The highest BCUT2D eigenvalue weighted by Gasteiger charge is 2.38. The molecule has 3 heterocycles. The number of anilines is 1. The van der Waals surface area contributed by atoms with Crippen LogP contribution in [0, 0.1) is 0 Å². The molecule has 1 atom stereocenters. The number of ether oxygens (including phenoxy) is 1. The fraction of sp³-hybridized carbons (Fsp3) is 0.375. The van der Waals surface area contributed by atoms with Crippen LogP contribution in [0.25, 0.3) is 0 Å². The van der Waals surface area contributed by atoms with E-state index in [9.17, 15) is 9.59 Å². The minimum Gasteiger partial charge on any atom is -0.379 e. The molecule has 0 saturated carbocycles. The van der Waals surface area contributed by atoms with Gasteiger partial charge in [0.1, 0.15) is 0 Å². The Hall–Kier alpha value is -2.19. The van der Waals surface area contributed by atoms with Crippen LogP contribution >= 0.6 is 13.5 Å². The van der Waals surface area contributed by atoms with Crippen molar-refractivity contribution in [1.82, 2.24) is 15.0 Å². The van der Waals surface area contributed by atoms with E-state index >= 15 is 0 Å². The predicted octanol–water partition coefficient (Wildman–Crippen LogP) is 2.43. The van der Waals surface area contributed by atoms with Crippen LogP contribution < -0.4 is 4.90 Å². The normalized spacial score (nSPS) is 18.5. The number of fused-ring (bicyclic) bond motifs is 1. The summed E-state index contributed by atoms with van der Waals surface area (Å²) < 4.78 is 6.96. The first-order valence-electron chi connectivity index (χ1n) is 6.73. The number of carbonyl (C=O) groups is 2. The molecular formula is C16H22N4O3S. The van der Waals surface area contributed by atoms with Crippen LogP contribution in [0.15, 0.2) is 30.5 Å². The molecule has 1 aromatic carbocycles. The number of benzene rings is 1. The summed E-state index contributed by atoms with van der Waals surface area (Å²) in [7, 11) is 0. The lowest BCUT2D eigenvalue weighted by molar-refractivity contribution is 0.0925. The van der Waals surface area contributed by atoms with Gasteiger partial charge in [0.15, 0.2) is 5.82 Å². The molecule has 0 radical (unpaired) electrons. The maximum absolute atomic E-state index is 12.3. The fourth-order valence-corrected chi connectivity index (χ4v) is 2.68. The average molecular weight is 350 g/mol. The number of carbonyl (C=O) groups excluding carboxylic acids is 2. The summed E-state index contributed by atoms with van der Waals surface area (Å²) >= 11 is 0. The predicted molar refractivity (Wildman–Crippen MR) is 95.9 cm³/mol. The third kappa shape index (κ3) is 2.94. The summed E-state index contributed by atoms with van der Waals surface area (Å²) in [5, 5.41) is 7.98. The van der Waals surface area contributed by atoms with Crippen molar-refractivity contribution in [2.75, 3.05) is 18.1 Å². The Morgan fingerprint density at radius 2 is 1.71 bits per heavy atom. The van der Waals surface area contributed by atoms with Crippen LogP contribution in [-0.4, -0.2) is 40.0 Å². The average Bonchev–Trinajstić information content (AvgIpc) is 3.21. The number of hydrogen-bond acceptors (Lipinski definition) is 5. The van der Waals surface area contributed by atoms with Gasteiger partial charge in [-0.25, -0.2) is 9.58 Å². The zero-order chi connectivity index (χ0) is 14.4. The van der Waals surface area contributed by atoms with Gasteiger partial charge in [0.05, 0.1) is 30.0 Å². The molecule has 7 nitrogen and oxygen atoms in total. The Bertz CT molecular complexity index is 705. The number of aromatic nitrogens is 3. The minimum atomic E-state index is -0.356. The van der Waals surface area contributed by atoms with Gasteiger partial charge in [-0.2, -0.15) is 13.5 Å². The molecular weight excluding hydrogens is 328 g/mol. The fourth-order valence-electron chi connectivity index (χ4n) is 2.68. The Kier molecular flexibility index (Phi) is 6.28. The van der Waals surface area contributed by atoms with E-state index in [0.29, 0.717) is 24.3 Å². The standard InChI is InChI=1S/C14H12N4O3.2CH4.H2S/c19-13-10-3-1-2-4-11(10)14(20)18(13)12-7-17(16-15-12)9-5-6-21-8-9;;;/h1-4,7,9H,5-6,8H2;2*1H4;1H2/t9-;;;/m0.../s1. The molecule has 1 saturated heterocycles. The van der Waals surface area contributed by atoms with Gasteiger partial charge in [-0.1, -0.05) is 32.2 Å². The molecule has 0 spiro atoms.